The predicted octanol–water partition coefficient (Wildman–Crippen LogP) is 3.73. The molecule has 0 N–H and O–H groups in total. The monoisotopic (exact) mass is 454 g/mol. The van der Waals surface area contributed by atoms with Gasteiger partial charge >= 0.3 is 5.97 Å². The molecule has 3 unspecified atom stereocenters. The van der Waals surface area contributed by atoms with Crippen LogP contribution in [0.15, 0.2) is 0 Å². The number of hydrogen-bond donors (Lipinski definition) is 0. The van der Waals surface area contributed by atoms with Crippen molar-refractivity contribution in [2.24, 2.45) is 0 Å². The fraction of sp³-hybridized carbons (Fsp3) is 0.875. The van der Waals surface area contributed by atoms with E-state index >= 15 is 0 Å². The Hall–Kier alpha value is 1.39. The fourth-order valence-electron chi connectivity index (χ4n) is 1.49. The van der Waals surface area contributed by atoms with Crippen LogP contribution < -0.4 is 0 Å². The highest BCUT2D eigenvalue weighted by Gasteiger charge is 2.62. The van der Waals surface area contributed by atoms with E-state index < -0.39 is 8.83 Å². The van der Waals surface area contributed by atoms with Gasteiger partial charge in [0.15, 0.2) is 4.51 Å². The van der Waals surface area contributed by atoms with Crippen molar-refractivity contribution in [3.63, 3.8) is 0 Å². The van der Waals surface area contributed by atoms with Crippen molar-refractivity contribution < 1.29 is 9.53 Å². The molecule has 0 amide bonds. The smallest absolute Gasteiger partial charge is 0.322 e. The second-order valence-corrected chi connectivity index (χ2v) is 7.43. The van der Waals surface area contributed by atoms with Crippen LogP contribution in [0, 0.1) is 0 Å². The number of ether oxygens (including phenoxy) is 1. The summed E-state index contributed by atoms with van der Waals surface area (Å²) in [5, 5.41) is 0.555. The third-order valence-corrected chi connectivity index (χ3v) is 8.77. The van der Waals surface area contributed by atoms with Crippen LogP contribution in [0.1, 0.15) is 19.8 Å². The number of rotatable bonds is 3. The zero-order chi connectivity index (χ0) is 11.0. The minimum atomic E-state index is -0.665. The summed E-state index contributed by atoms with van der Waals surface area (Å²) < 4.78 is 4.26. The molecule has 0 saturated carbocycles. The molecule has 82 valence electrons. The lowest BCUT2D eigenvalue weighted by atomic mass is 9.96. The molecule has 0 aliphatic carbocycles. The second kappa shape index (κ2) is 4.72. The Bertz CT molecular complexity index is 247. The predicted molar refractivity (Wildman–Crippen MR) is 70.8 cm³/mol. The molecule has 1 aliphatic rings. The maximum atomic E-state index is 11.5. The van der Waals surface area contributed by atoms with Gasteiger partial charge in [-0.1, -0.05) is 61.1 Å². The van der Waals surface area contributed by atoms with Crippen molar-refractivity contribution in [1.82, 2.24) is 0 Å². The van der Waals surface area contributed by atoms with Gasteiger partial charge in [0.05, 0.1) is 9.65 Å². The topological polar surface area (TPSA) is 26.3 Å². The molecule has 1 rings (SSSR count). The number of esters is 1. The SMILES string of the molecule is CCCC1(Br)C(Br)C(=O)OC1(Br)CBr. The molecule has 1 heterocycles. The molecule has 0 aromatic carbocycles. The maximum absolute atomic E-state index is 11.5. The van der Waals surface area contributed by atoms with Crippen molar-refractivity contribution in [2.45, 2.75) is 33.4 Å². The van der Waals surface area contributed by atoms with E-state index in [4.69, 9.17) is 4.74 Å². The Morgan fingerprint density at radius 3 is 2.50 bits per heavy atom. The molecule has 0 aromatic rings. The molecule has 2 nitrogen and oxygen atoms in total. The van der Waals surface area contributed by atoms with E-state index in [9.17, 15) is 4.79 Å². The normalized spacial score (nSPS) is 42.6. The van der Waals surface area contributed by atoms with Gasteiger partial charge in [0.25, 0.3) is 0 Å². The van der Waals surface area contributed by atoms with E-state index in [0.717, 1.165) is 12.8 Å². The van der Waals surface area contributed by atoms with Crippen molar-refractivity contribution in [3.8, 4) is 0 Å². The molecule has 3 atom stereocenters. The van der Waals surface area contributed by atoms with Crippen molar-refractivity contribution in [1.29, 1.82) is 0 Å². The first-order valence-corrected chi connectivity index (χ1v) is 7.84. The third-order valence-electron chi connectivity index (χ3n) is 2.28. The zero-order valence-corrected chi connectivity index (χ0v) is 13.9. The summed E-state index contributed by atoms with van der Waals surface area (Å²) in [5.74, 6) is -0.230. The Labute approximate surface area is 117 Å². The van der Waals surface area contributed by atoms with E-state index in [1.54, 1.807) is 0 Å². The summed E-state index contributed by atoms with van der Waals surface area (Å²) in [7, 11) is 0. The fourth-order valence-corrected chi connectivity index (χ4v) is 4.87. The van der Waals surface area contributed by atoms with E-state index in [-0.39, 0.29) is 10.8 Å². The molecular weight excluding hydrogens is 448 g/mol. The minimum Gasteiger partial charge on any atom is -0.444 e. The van der Waals surface area contributed by atoms with Gasteiger partial charge in [0, 0.05) is 0 Å². The molecule has 0 radical (unpaired) electrons. The van der Waals surface area contributed by atoms with Gasteiger partial charge in [-0.2, -0.15) is 0 Å². The third kappa shape index (κ3) is 1.96. The Morgan fingerprint density at radius 2 is 2.07 bits per heavy atom. The standard InChI is InChI=1S/C8H10Br4O2/c1-2-3-7(11)5(10)6(13)14-8(7,12)4-9/h5H,2-4H2,1H3. The summed E-state index contributed by atoms with van der Waals surface area (Å²) >= 11 is 13.8. The molecule has 0 aromatic heterocycles. The largest absolute Gasteiger partial charge is 0.444 e. The molecule has 1 aliphatic heterocycles. The molecule has 0 bridgehead atoms. The summed E-state index contributed by atoms with van der Waals surface area (Å²) in [6.07, 6.45) is 1.83. The van der Waals surface area contributed by atoms with E-state index in [2.05, 4.69) is 70.6 Å². The van der Waals surface area contributed by atoms with Crippen LogP contribution in [0.3, 0.4) is 0 Å². The van der Waals surface area contributed by atoms with Crippen molar-refractivity contribution in [3.05, 3.63) is 0 Å². The number of hydrogen-bond acceptors (Lipinski definition) is 2. The van der Waals surface area contributed by atoms with Crippen LogP contribution in [0.25, 0.3) is 0 Å². The molecule has 1 saturated heterocycles. The Kier molecular flexibility index (Phi) is 4.53. The van der Waals surface area contributed by atoms with Gasteiger partial charge in [-0.3, -0.25) is 4.79 Å². The van der Waals surface area contributed by atoms with Crippen molar-refractivity contribution in [2.75, 3.05) is 5.33 Å². The van der Waals surface area contributed by atoms with Crippen LogP contribution >= 0.6 is 63.7 Å². The number of halogens is 4. The van der Waals surface area contributed by atoms with Gasteiger partial charge in [-0.05, 0) is 22.4 Å². The first-order chi connectivity index (χ1) is 6.41. The first kappa shape index (κ1) is 13.5. The van der Waals surface area contributed by atoms with Crippen LogP contribution in [-0.4, -0.2) is 25.0 Å². The number of carbonyl (C=O) groups excluding carboxylic acids is 1. The van der Waals surface area contributed by atoms with Crippen LogP contribution in [0.2, 0.25) is 0 Å². The number of carbonyl (C=O) groups is 1. The highest BCUT2D eigenvalue weighted by molar-refractivity contribution is 9.15. The quantitative estimate of drug-likeness (QED) is 0.477. The van der Waals surface area contributed by atoms with Gasteiger partial charge in [-0.25, -0.2) is 0 Å². The summed E-state index contributed by atoms with van der Waals surface area (Å²) in [4.78, 5) is 11.2. The maximum Gasteiger partial charge on any atom is 0.322 e. The second-order valence-electron chi connectivity index (χ2n) is 3.26. The molecule has 1 fully saturated rings. The van der Waals surface area contributed by atoms with Crippen molar-refractivity contribution >= 4 is 69.7 Å². The lowest BCUT2D eigenvalue weighted by Gasteiger charge is -2.34. The van der Waals surface area contributed by atoms with Crippen LogP contribution in [0.4, 0.5) is 0 Å². The molecule has 6 heteroatoms. The van der Waals surface area contributed by atoms with Crippen LogP contribution in [-0.2, 0) is 9.53 Å². The van der Waals surface area contributed by atoms with E-state index in [0.29, 0.717) is 5.33 Å². The van der Waals surface area contributed by atoms with Gasteiger partial charge in [0.2, 0.25) is 0 Å². The van der Waals surface area contributed by atoms with E-state index in [1.165, 1.54) is 0 Å². The lowest BCUT2D eigenvalue weighted by molar-refractivity contribution is -0.141. The average Bonchev–Trinajstić information content (AvgIpc) is 2.30. The van der Waals surface area contributed by atoms with Crippen LogP contribution in [0.5, 0.6) is 0 Å². The van der Waals surface area contributed by atoms with Gasteiger partial charge < -0.3 is 4.74 Å². The average molecular weight is 458 g/mol. The van der Waals surface area contributed by atoms with Gasteiger partial charge in [0.1, 0.15) is 4.83 Å². The molecule has 0 spiro atoms. The highest BCUT2D eigenvalue weighted by atomic mass is 79.9. The summed E-state index contributed by atoms with van der Waals surface area (Å²) in [5.41, 5.74) is 0. The lowest BCUT2D eigenvalue weighted by Crippen LogP contribution is -2.46. The first-order valence-electron chi connectivity index (χ1n) is 4.22. The molecule has 14 heavy (non-hydrogen) atoms. The molecular formula is C8H10Br4O2. The number of cyclic esters (lactones) is 1. The Balaban J connectivity index is 3.03. The summed E-state index contributed by atoms with van der Waals surface area (Å²) in [6.45, 7) is 2.08. The number of alkyl halides is 4. The van der Waals surface area contributed by atoms with Gasteiger partial charge in [-0.15, -0.1) is 0 Å². The van der Waals surface area contributed by atoms with E-state index in [1.807, 2.05) is 0 Å². The minimum absolute atomic E-state index is 0.230. The highest BCUT2D eigenvalue weighted by Crippen LogP contribution is 2.53. The zero-order valence-electron chi connectivity index (χ0n) is 7.53. The Morgan fingerprint density at radius 1 is 1.50 bits per heavy atom. The summed E-state index contributed by atoms with van der Waals surface area (Å²) in [6, 6.07) is 0.